The zero-order valence-corrected chi connectivity index (χ0v) is 13.9. The van der Waals surface area contributed by atoms with E-state index in [9.17, 15) is 10.1 Å². The van der Waals surface area contributed by atoms with E-state index in [1.54, 1.807) is 17.1 Å². The van der Waals surface area contributed by atoms with Crippen molar-refractivity contribution < 1.29 is 4.79 Å². The molecule has 0 saturated heterocycles. The van der Waals surface area contributed by atoms with Crippen LogP contribution >= 0.6 is 0 Å². The Labute approximate surface area is 142 Å². The molecule has 1 aromatic carbocycles. The first-order valence-corrected chi connectivity index (χ1v) is 8.50. The van der Waals surface area contributed by atoms with E-state index >= 15 is 0 Å². The molecule has 0 radical (unpaired) electrons. The van der Waals surface area contributed by atoms with E-state index in [4.69, 9.17) is 0 Å². The zero-order valence-electron chi connectivity index (χ0n) is 13.9. The maximum Gasteiger partial charge on any atom is 0.255 e. The molecule has 1 fully saturated rings. The van der Waals surface area contributed by atoms with Crippen molar-refractivity contribution in [2.75, 3.05) is 0 Å². The fourth-order valence-corrected chi connectivity index (χ4v) is 3.34. The molecule has 1 amide bonds. The third-order valence-corrected chi connectivity index (χ3v) is 4.75. The number of nitriles is 1. The maximum atomic E-state index is 12.5. The Morgan fingerprint density at radius 3 is 2.79 bits per heavy atom. The summed E-state index contributed by atoms with van der Waals surface area (Å²) < 4.78 is 1.70. The molecule has 0 bridgehead atoms. The summed E-state index contributed by atoms with van der Waals surface area (Å²) in [5.41, 5.74) is 2.51. The van der Waals surface area contributed by atoms with Gasteiger partial charge in [0.05, 0.1) is 23.5 Å². The summed E-state index contributed by atoms with van der Waals surface area (Å²) in [6.45, 7) is 2.01. The highest BCUT2D eigenvalue weighted by Gasteiger charge is 2.25. The number of hydrogen-bond acceptors (Lipinski definition) is 3. The minimum atomic E-state index is -0.417. The quantitative estimate of drug-likeness (QED) is 0.938. The van der Waals surface area contributed by atoms with Crippen LogP contribution in [0.4, 0.5) is 0 Å². The lowest BCUT2D eigenvalue weighted by molar-refractivity contribution is 0.0929. The predicted molar refractivity (Wildman–Crippen MR) is 91.7 cm³/mol. The second-order valence-electron chi connectivity index (χ2n) is 6.44. The van der Waals surface area contributed by atoms with Gasteiger partial charge in [-0.25, -0.2) is 4.68 Å². The molecule has 1 aliphatic carbocycles. The number of amides is 1. The van der Waals surface area contributed by atoms with Crippen LogP contribution in [0, 0.1) is 24.2 Å². The van der Waals surface area contributed by atoms with E-state index in [0.29, 0.717) is 5.56 Å². The molecule has 3 rings (SSSR count). The van der Waals surface area contributed by atoms with Crippen LogP contribution < -0.4 is 5.32 Å². The van der Waals surface area contributed by atoms with Crippen molar-refractivity contribution in [1.29, 1.82) is 5.26 Å². The SMILES string of the molecule is Cc1ccccc1-n1cc(C(=O)NC(C#N)C2CCCCC2)cn1. The van der Waals surface area contributed by atoms with Gasteiger partial charge < -0.3 is 5.32 Å². The molecule has 1 atom stereocenters. The van der Waals surface area contributed by atoms with Crippen LogP contribution in [0.1, 0.15) is 48.0 Å². The molecule has 24 heavy (non-hydrogen) atoms. The van der Waals surface area contributed by atoms with Crippen molar-refractivity contribution in [3.05, 3.63) is 47.8 Å². The first-order valence-electron chi connectivity index (χ1n) is 8.50. The number of aryl methyl sites for hydroxylation is 1. The van der Waals surface area contributed by atoms with Crippen LogP contribution in [0.25, 0.3) is 5.69 Å². The zero-order chi connectivity index (χ0) is 16.9. The molecule has 5 nitrogen and oxygen atoms in total. The number of nitrogens with zero attached hydrogens (tertiary/aromatic N) is 3. The first kappa shape index (κ1) is 16.3. The Hall–Kier alpha value is -2.61. The van der Waals surface area contributed by atoms with Gasteiger partial charge in [0.15, 0.2) is 0 Å². The summed E-state index contributed by atoms with van der Waals surface area (Å²) in [6.07, 6.45) is 8.81. The molecule has 0 spiro atoms. The van der Waals surface area contributed by atoms with Gasteiger partial charge in [0.1, 0.15) is 6.04 Å². The summed E-state index contributed by atoms with van der Waals surface area (Å²) in [5.74, 6) is 0.0334. The van der Waals surface area contributed by atoms with Gasteiger partial charge in [-0.05, 0) is 37.3 Å². The summed E-state index contributed by atoms with van der Waals surface area (Å²) in [7, 11) is 0. The van der Waals surface area contributed by atoms with Crippen LogP contribution in [-0.2, 0) is 0 Å². The third-order valence-electron chi connectivity index (χ3n) is 4.75. The lowest BCUT2D eigenvalue weighted by Gasteiger charge is -2.26. The molecule has 124 valence electrons. The van der Waals surface area contributed by atoms with E-state index in [0.717, 1.165) is 36.9 Å². The van der Waals surface area contributed by atoms with Gasteiger partial charge >= 0.3 is 0 Å². The van der Waals surface area contributed by atoms with Crippen LogP contribution in [0.3, 0.4) is 0 Å². The summed E-state index contributed by atoms with van der Waals surface area (Å²) in [5, 5.41) is 16.6. The average Bonchev–Trinajstić information content (AvgIpc) is 3.10. The highest BCUT2D eigenvalue weighted by Crippen LogP contribution is 2.26. The smallest absolute Gasteiger partial charge is 0.255 e. The topological polar surface area (TPSA) is 70.7 Å². The second-order valence-corrected chi connectivity index (χ2v) is 6.44. The van der Waals surface area contributed by atoms with Crippen LogP contribution in [-0.4, -0.2) is 21.7 Å². The Kier molecular flexibility index (Phi) is 4.95. The lowest BCUT2D eigenvalue weighted by atomic mass is 9.84. The van der Waals surface area contributed by atoms with Gasteiger partial charge in [-0.3, -0.25) is 4.79 Å². The Morgan fingerprint density at radius 1 is 1.33 bits per heavy atom. The molecular weight excluding hydrogens is 300 g/mol. The van der Waals surface area contributed by atoms with Crippen LogP contribution in [0.15, 0.2) is 36.7 Å². The van der Waals surface area contributed by atoms with Crippen molar-refractivity contribution in [2.24, 2.45) is 5.92 Å². The predicted octanol–water partition coefficient (Wildman–Crippen LogP) is 3.38. The Bertz CT molecular complexity index is 753. The van der Waals surface area contributed by atoms with Gasteiger partial charge in [-0.1, -0.05) is 37.5 Å². The van der Waals surface area contributed by atoms with Crippen molar-refractivity contribution >= 4 is 5.91 Å². The number of aromatic nitrogens is 2. The lowest BCUT2D eigenvalue weighted by Crippen LogP contribution is -2.40. The minimum Gasteiger partial charge on any atom is -0.336 e. The molecule has 1 saturated carbocycles. The number of para-hydroxylation sites is 1. The van der Waals surface area contributed by atoms with Crippen molar-refractivity contribution in [2.45, 2.75) is 45.1 Å². The van der Waals surface area contributed by atoms with E-state index in [2.05, 4.69) is 16.5 Å². The summed E-state index contributed by atoms with van der Waals surface area (Å²) in [4.78, 5) is 12.5. The monoisotopic (exact) mass is 322 g/mol. The number of carbonyl (C=O) groups excluding carboxylic acids is 1. The highest BCUT2D eigenvalue weighted by molar-refractivity contribution is 5.94. The van der Waals surface area contributed by atoms with Gasteiger partial charge in [-0.2, -0.15) is 10.4 Å². The number of hydrogen-bond donors (Lipinski definition) is 1. The fourth-order valence-electron chi connectivity index (χ4n) is 3.34. The van der Waals surface area contributed by atoms with Gasteiger partial charge in [0.25, 0.3) is 5.91 Å². The molecular formula is C19H22N4O. The van der Waals surface area contributed by atoms with Crippen LogP contribution in [0.2, 0.25) is 0 Å². The average molecular weight is 322 g/mol. The normalized spacial score (nSPS) is 16.3. The molecule has 1 heterocycles. The second kappa shape index (κ2) is 7.31. The molecule has 5 heteroatoms. The van der Waals surface area contributed by atoms with Crippen molar-refractivity contribution in [3.63, 3.8) is 0 Å². The summed E-state index contributed by atoms with van der Waals surface area (Å²) >= 11 is 0. The molecule has 0 aliphatic heterocycles. The van der Waals surface area contributed by atoms with Gasteiger partial charge in [-0.15, -0.1) is 0 Å². The van der Waals surface area contributed by atoms with E-state index in [1.165, 1.54) is 6.42 Å². The van der Waals surface area contributed by atoms with E-state index in [1.807, 2.05) is 31.2 Å². The summed E-state index contributed by atoms with van der Waals surface area (Å²) in [6, 6.07) is 9.72. The molecule has 1 unspecified atom stereocenters. The molecule has 1 aliphatic rings. The third kappa shape index (κ3) is 3.48. The molecule has 1 aromatic heterocycles. The Morgan fingerprint density at radius 2 is 2.08 bits per heavy atom. The fraction of sp³-hybridized carbons (Fsp3) is 0.421. The molecule has 1 N–H and O–H groups in total. The van der Waals surface area contributed by atoms with Gasteiger partial charge in [0.2, 0.25) is 0 Å². The first-order chi connectivity index (χ1) is 11.7. The minimum absolute atomic E-state index is 0.230. The number of nitrogens with one attached hydrogen (secondary N) is 1. The van der Waals surface area contributed by atoms with E-state index < -0.39 is 6.04 Å². The number of carbonyl (C=O) groups is 1. The highest BCUT2D eigenvalue weighted by atomic mass is 16.1. The van der Waals surface area contributed by atoms with Crippen molar-refractivity contribution in [3.8, 4) is 11.8 Å². The van der Waals surface area contributed by atoms with Crippen molar-refractivity contribution in [1.82, 2.24) is 15.1 Å². The number of benzene rings is 1. The van der Waals surface area contributed by atoms with Gasteiger partial charge in [0, 0.05) is 6.20 Å². The standard InChI is InChI=1S/C19H22N4O/c1-14-7-5-6-10-18(14)23-13-16(12-21-23)19(24)22-17(11-20)15-8-3-2-4-9-15/h5-7,10,12-13,15,17H,2-4,8-9H2,1H3,(H,22,24). The molecule has 2 aromatic rings. The maximum absolute atomic E-state index is 12.5. The Balaban J connectivity index is 1.71. The number of rotatable bonds is 4. The van der Waals surface area contributed by atoms with E-state index in [-0.39, 0.29) is 11.8 Å². The van der Waals surface area contributed by atoms with Crippen LogP contribution in [0.5, 0.6) is 0 Å². The largest absolute Gasteiger partial charge is 0.336 e.